The maximum atomic E-state index is 5.66. The fourth-order valence-electron chi connectivity index (χ4n) is 1.93. The normalized spacial score (nSPS) is 14.5. The van der Waals surface area contributed by atoms with Crippen molar-refractivity contribution in [2.45, 2.75) is 53.9 Å². The van der Waals surface area contributed by atoms with Crippen LogP contribution in [0.1, 0.15) is 63.7 Å². The van der Waals surface area contributed by atoms with Crippen LogP contribution in [0, 0.1) is 5.41 Å². The van der Waals surface area contributed by atoms with Crippen LogP contribution < -0.4 is 0 Å². The standard InChI is InChI=1S/C17H23O2Si.C3H8O/c1-16(2,3)13-9-7-12(8-10-13)14-11-15(17(4,5)6)19-20-18-14;1-3-4-2/h7-11H,1-6H3;3H2,1-2H3. The number of carbonyl (C=O) groups excluding carboxylic acids is 1. The molecule has 0 spiro atoms. The molecule has 1 aromatic rings. The van der Waals surface area contributed by atoms with E-state index < -0.39 is 0 Å². The molecule has 133 valence electrons. The SMILES string of the molecule is CC(C)(C)C1=CC(c2ccc(C(C)(C)C)cc2)=[O+][Si-]O1.CCOC. The van der Waals surface area contributed by atoms with Gasteiger partial charge in [0.1, 0.15) is 0 Å². The Morgan fingerprint density at radius 2 is 1.54 bits per heavy atom. The molecule has 0 aromatic heterocycles. The number of methoxy groups -OCH3 is 1. The molecular formula is C20H31O3Si. The molecule has 0 unspecified atom stereocenters. The van der Waals surface area contributed by atoms with Gasteiger partial charge in [-0.15, -0.1) is 0 Å². The van der Waals surface area contributed by atoms with Crippen molar-refractivity contribution in [1.82, 2.24) is 0 Å². The minimum atomic E-state index is 0.00732. The molecule has 0 aliphatic carbocycles. The van der Waals surface area contributed by atoms with Gasteiger partial charge in [0.2, 0.25) is 0 Å². The van der Waals surface area contributed by atoms with E-state index in [1.54, 1.807) is 7.11 Å². The predicted octanol–water partition coefficient (Wildman–Crippen LogP) is 4.85. The van der Waals surface area contributed by atoms with Gasteiger partial charge in [0, 0.05) is 19.1 Å². The van der Waals surface area contributed by atoms with Gasteiger partial charge in [0.15, 0.2) is 0 Å². The summed E-state index contributed by atoms with van der Waals surface area (Å²) in [5.41, 5.74) is 2.62. The van der Waals surface area contributed by atoms with Crippen LogP contribution >= 0.6 is 0 Å². The van der Waals surface area contributed by atoms with E-state index in [0.717, 1.165) is 23.7 Å². The number of rotatable bonds is 2. The lowest BCUT2D eigenvalue weighted by molar-refractivity contribution is -0.109. The monoisotopic (exact) mass is 347 g/mol. The quantitative estimate of drug-likeness (QED) is 0.565. The fourth-order valence-corrected chi connectivity index (χ4v) is 2.70. The molecule has 1 aliphatic rings. The summed E-state index contributed by atoms with van der Waals surface area (Å²) in [6.07, 6.45) is 2.02. The maximum absolute atomic E-state index is 5.66. The molecule has 1 heterocycles. The van der Waals surface area contributed by atoms with Gasteiger partial charge in [-0.2, -0.15) is 0 Å². The van der Waals surface area contributed by atoms with E-state index in [-0.39, 0.29) is 20.8 Å². The first-order valence-corrected chi connectivity index (χ1v) is 9.19. The second kappa shape index (κ2) is 8.63. The molecule has 3 nitrogen and oxygen atoms in total. The molecule has 4 heteroatoms. The Balaban J connectivity index is 0.000000648. The number of ether oxygens (including phenoxy) is 1. The summed E-state index contributed by atoms with van der Waals surface area (Å²) < 4.78 is 15.8. The van der Waals surface area contributed by atoms with E-state index in [9.17, 15) is 0 Å². The first-order chi connectivity index (χ1) is 11.1. The van der Waals surface area contributed by atoms with Crippen LogP contribution in [-0.2, 0) is 14.6 Å². The topological polar surface area (TPSA) is 29.8 Å². The van der Waals surface area contributed by atoms with E-state index >= 15 is 0 Å². The Hall–Kier alpha value is -1.39. The largest absolute Gasteiger partial charge is 0.632 e. The zero-order chi connectivity index (χ0) is 18.4. The van der Waals surface area contributed by atoms with Crippen LogP contribution in [0.3, 0.4) is 0 Å². The summed E-state index contributed by atoms with van der Waals surface area (Å²) >= 11 is 0. The third kappa shape index (κ3) is 6.25. The first kappa shape index (κ1) is 20.7. The van der Waals surface area contributed by atoms with Crippen molar-refractivity contribution in [3.05, 3.63) is 47.2 Å². The summed E-state index contributed by atoms with van der Waals surface area (Å²) in [5, 5.41) is 0. The highest BCUT2D eigenvalue weighted by Crippen LogP contribution is 2.28. The highest BCUT2D eigenvalue weighted by atomic mass is 28.2. The Morgan fingerprint density at radius 1 is 1.00 bits per heavy atom. The Kier molecular flexibility index (Phi) is 7.43. The van der Waals surface area contributed by atoms with Crippen molar-refractivity contribution in [2.24, 2.45) is 5.41 Å². The fraction of sp³-hybridized carbons (Fsp3) is 0.550. The summed E-state index contributed by atoms with van der Waals surface area (Å²) in [5.74, 6) is 1.89. The van der Waals surface area contributed by atoms with E-state index in [0.29, 0.717) is 0 Å². The molecule has 0 N–H and O–H groups in total. The molecule has 2 rings (SSSR count). The van der Waals surface area contributed by atoms with Crippen molar-refractivity contribution in [3.63, 3.8) is 0 Å². The second-order valence-electron chi connectivity index (χ2n) is 7.81. The summed E-state index contributed by atoms with van der Waals surface area (Å²) in [7, 11) is 1.72. The van der Waals surface area contributed by atoms with Gasteiger partial charge < -0.3 is 13.3 Å². The average Bonchev–Trinajstić information content (AvgIpc) is 2.54. The van der Waals surface area contributed by atoms with Crippen molar-refractivity contribution in [1.29, 1.82) is 0 Å². The first-order valence-electron chi connectivity index (χ1n) is 8.37. The number of benzene rings is 1. The molecule has 1 radical (unpaired) electrons. The molecule has 0 saturated heterocycles. The highest BCUT2D eigenvalue weighted by molar-refractivity contribution is 6.22. The average molecular weight is 348 g/mol. The molecule has 24 heavy (non-hydrogen) atoms. The van der Waals surface area contributed by atoms with Gasteiger partial charge in [0.25, 0.3) is 5.78 Å². The van der Waals surface area contributed by atoms with Crippen molar-refractivity contribution < 1.29 is 13.3 Å². The van der Waals surface area contributed by atoms with Crippen molar-refractivity contribution in [3.8, 4) is 0 Å². The van der Waals surface area contributed by atoms with E-state index in [2.05, 4.69) is 70.5 Å². The maximum Gasteiger partial charge on any atom is 0.424 e. The smallest absolute Gasteiger partial charge is 0.424 e. The van der Waals surface area contributed by atoms with Gasteiger partial charge in [-0.1, -0.05) is 53.7 Å². The van der Waals surface area contributed by atoms with Gasteiger partial charge in [-0.3, -0.25) is 0 Å². The van der Waals surface area contributed by atoms with Crippen LogP contribution in [0.2, 0.25) is 0 Å². The number of ketones is 1. The zero-order valence-corrected chi connectivity index (χ0v) is 17.3. The van der Waals surface area contributed by atoms with Crippen molar-refractivity contribution in [2.75, 3.05) is 13.7 Å². The van der Waals surface area contributed by atoms with E-state index in [4.69, 9.17) is 8.54 Å². The highest BCUT2D eigenvalue weighted by Gasteiger charge is 2.24. The third-order valence-corrected chi connectivity index (χ3v) is 4.24. The molecular weight excluding hydrogens is 316 g/mol. The zero-order valence-electron chi connectivity index (χ0n) is 16.3. The Labute approximate surface area is 149 Å². The lowest BCUT2D eigenvalue weighted by atomic mass is 9.86. The number of allylic oxidation sites excluding steroid dienone is 2. The minimum Gasteiger partial charge on any atom is -0.632 e. The van der Waals surface area contributed by atoms with Crippen molar-refractivity contribution >= 4 is 15.8 Å². The van der Waals surface area contributed by atoms with Gasteiger partial charge in [-0.05, 0) is 30.0 Å². The molecule has 0 atom stereocenters. The molecule has 0 bridgehead atoms. The van der Waals surface area contributed by atoms with Gasteiger partial charge in [0.05, 0.1) is 17.4 Å². The summed E-state index contributed by atoms with van der Waals surface area (Å²) in [4.78, 5) is 0. The van der Waals surface area contributed by atoms with Gasteiger partial charge >= 0.3 is 10.0 Å². The third-order valence-electron chi connectivity index (χ3n) is 3.63. The molecule has 0 amide bonds. The predicted molar refractivity (Wildman–Crippen MR) is 101 cm³/mol. The van der Waals surface area contributed by atoms with E-state index in [1.807, 2.05) is 13.0 Å². The van der Waals surface area contributed by atoms with Crippen LogP contribution in [0.25, 0.3) is 0 Å². The Bertz CT molecular complexity index is 570. The molecule has 0 saturated carbocycles. The minimum absolute atomic E-state index is 0.00732. The molecule has 1 aromatic carbocycles. The number of hydrogen-bond donors (Lipinski definition) is 0. The lowest BCUT2D eigenvalue weighted by Gasteiger charge is -2.27. The van der Waals surface area contributed by atoms with Crippen LogP contribution in [0.15, 0.2) is 36.1 Å². The van der Waals surface area contributed by atoms with Crippen LogP contribution in [-0.4, -0.2) is 29.5 Å². The van der Waals surface area contributed by atoms with Crippen LogP contribution in [0.5, 0.6) is 0 Å². The number of hydrogen-bond acceptors (Lipinski definition) is 2. The second-order valence-corrected chi connectivity index (χ2v) is 8.39. The summed E-state index contributed by atoms with van der Waals surface area (Å²) in [6.45, 7) is 15.9. The van der Waals surface area contributed by atoms with Gasteiger partial charge in [-0.25, -0.2) is 0 Å². The molecule has 1 aliphatic heterocycles. The lowest BCUT2D eigenvalue weighted by Crippen LogP contribution is -2.20. The van der Waals surface area contributed by atoms with Crippen LogP contribution in [0.4, 0.5) is 0 Å². The molecule has 0 fully saturated rings. The Morgan fingerprint density at radius 3 is 1.96 bits per heavy atom. The van der Waals surface area contributed by atoms with E-state index in [1.165, 1.54) is 5.56 Å². The summed E-state index contributed by atoms with van der Waals surface area (Å²) in [6, 6.07) is 8.61.